The Hall–Kier alpha value is -1.84. The van der Waals surface area contributed by atoms with Crippen LogP contribution in [0.25, 0.3) is 10.9 Å². The largest absolute Gasteiger partial charge is 0.343 e. The molecule has 1 unspecified atom stereocenters. The second-order valence-electron chi connectivity index (χ2n) is 5.44. The zero-order valence-corrected chi connectivity index (χ0v) is 12.7. The number of nitrogens with two attached hydrogens (primary N) is 1. The third-order valence-electron chi connectivity index (χ3n) is 3.64. The highest BCUT2D eigenvalue weighted by atomic mass is 35.5. The minimum absolute atomic E-state index is 0.161. The van der Waals surface area contributed by atoms with E-state index in [0.717, 1.165) is 18.5 Å². The first-order valence-electron chi connectivity index (χ1n) is 7.06. The minimum atomic E-state index is 0.161. The maximum absolute atomic E-state index is 6.20. The molecule has 1 atom stereocenters. The van der Waals surface area contributed by atoms with Gasteiger partial charge in [0.25, 0.3) is 0 Å². The number of rotatable bonds is 4. The molecule has 4 heteroatoms. The van der Waals surface area contributed by atoms with Gasteiger partial charge in [-0.3, -0.25) is 4.98 Å². The molecular weight excluding hydrogens is 282 g/mol. The molecule has 0 aliphatic heterocycles. The SMILES string of the molecule is CC(N)Cc1cccc2c1ccn2Cc1ccncc1Cl. The second-order valence-corrected chi connectivity index (χ2v) is 5.85. The monoisotopic (exact) mass is 299 g/mol. The molecule has 0 amide bonds. The normalized spacial score (nSPS) is 12.7. The first-order valence-corrected chi connectivity index (χ1v) is 7.43. The molecule has 2 N–H and O–H groups in total. The number of benzene rings is 1. The number of aromatic nitrogens is 2. The van der Waals surface area contributed by atoms with Crippen LogP contribution in [-0.4, -0.2) is 15.6 Å². The quantitative estimate of drug-likeness (QED) is 0.799. The fraction of sp³-hybridized carbons (Fsp3) is 0.235. The van der Waals surface area contributed by atoms with Gasteiger partial charge in [0.2, 0.25) is 0 Å². The van der Waals surface area contributed by atoms with Crippen molar-refractivity contribution in [2.75, 3.05) is 0 Å². The van der Waals surface area contributed by atoms with Crippen LogP contribution in [0.2, 0.25) is 5.02 Å². The van der Waals surface area contributed by atoms with E-state index in [4.69, 9.17) is 17.3 Å². The van der Waals surface area contributed by atoms with Crippen LogP contribution in [0.4, 0.5) is 0 Å². The van der Waals surface area contributed by atoms with Gasteiger partial charge < -0.3 is 10.3 Å². The van der Waals surface area contributed by atoms with Gasteiger partial charge in [-0.05, 0) is 42.7 Å². The van der Waals surface area contributed by atoms with E-state index in [1.165, 1.54) is 16.5 Å². The summed E-state index contributed by atoms with van der Waals surface area (Å²) in [5.41, 5.74) is 9.51. The molecule has 0 bridgehead atoms. The van der Waals surface area contributed by atoms with Gasteiger partial charge in [0, 0.05) is 42.1 Å². The summed E-state index contributed by atoms with van der Waals surface area (Å²) in [6, 6.07) is 10.6. The highest BCUT2D eigenvalue weighted by Gasteiger charge is 2.08. The molecule has 0 aliphatic rings. The Balaban J connectivity index is 1.99. The average molecular weight is 300 g/mol. The van der Waals surface area contributed by atoms with Gasteiger partial charge >= 0.3 is 0 Å². The predicted molar refractivity (Wildman–Crippen MR) is 87.6 cm³/mol. The number of hydrogen-bond donors (Lipinski definition) is 1. The van der Waals surface area contributed by atoms with Gasteiger partial charge in [0.15, 0.2) is 0 Å². The summed E-state index contributed by atoms with van der Waals surface area (Å²) in [4.78, 5) is 4.03. The standard InChI is InChI=1S/C17H18ClN3/c1-12(19)9-13-3-2-4-17-15(13)6-8-21(17)11-14-5-7-20-10-16(14)18/h2-8,10,12H,9,11,19H2,1H3. The van der Waals surface area contributed by atoms with Gasteiger partial charge in [0.05, 0.1) is 5.02 Å². The van der Waals surface area contributed by atoms with Crippen LogP contribution < -0.4 is 5.73 Å². The van der Waals surface area contributed by atoms with Gasteiger partial charge in [-0.25, -0.2) is 0 Å². The molecule has 0 radical (unpaired) electrons. The van der Waals surface area contributed by atoms with Gasteiger partial charge in [-0.1, -0.05) is 23.7 Å². The number of nitrogens with zero attached hydrogens (tertiary/aromatic N) is 2. The second kappa shape index (κ2) is 5.88. The van der Waals surface area contributed by atoms with Gasteiger partial charge in [0.1, 0.15) is 0 Å². The lowest BCUT2D eigenvalue weighted by Crippen LogP contribution is -2.17. The summed E-state index contributed by atoms with van der Waals surface area (Å²) in [7, 11) is 0. The van der Waals surface area contributed by atoms with Crippen LogP contribution in [0.1, 0.15) is 18.1 Å². The van der Waals surface area contributed by atoms with Crippen molar-refractivity contribution < 1.29 is 0 Å². The Bertz CT molecular complexity index is 762. The van der Waals surface area contributed by atoms with E-state index in [0.29, 0.717) is 5.02 Å². The van der Waals surface area contributed by atoms with Crippen molar-refractivity contribution in [3.8, 4) is 0 Å². The molecule has 0 spiro atoms. The fourth-order valence-corrected chi connectivity index (χ4v) is 2.84. The number of pyridine rings is 1. The molecule has 3 rings (SSSR count). The van der Waals surface area contributed by atoms with Crippen molar-refractivity contribution in [3.63, 3.8) is 0 Å². The summed E-state index contributed by atoms with van der Waals surface area (Å²) >= 11 is 6.20. The third-order valence-corrected chi connectivity index (χ3v) is 3.98. The molecule has 0 aliphatic carbocycles. The predicted octanol–water partition coefficient (Wildman–Crippen LogP) is 3.63. The van der Waals surface area contributed by atoms with Crippen LogP contribution in [0.15, 0.2) is 48.9 Å². The Morgan fingerprint density at radius 2 is 2.10 bits per heavy atom. The van der Waals surface area contributed by atoms with E-state index in [1.54, 1.807) is 12.4 Å². The number of fused-ring (bicyclic) bond motifs is 1. The first kappa shape index (κ1) is 14.1. The molecule has 0 fully saturated rings. The average Bonchev–Trinajstić information content (AvgIpc) is 2.85. The van der Waals surface area contributed by atoms with Crippen molar-refractivity contribution in [1.29, 1.82) is 0 Å². The zero-order valence-electron chi connectivity index (χ0n) is 12.0. The molecule has 0 saturated carbocycles. The van der Waals surface area contributed by atoms with E-state index >= 15 is 0 Å². The molecule has 2 aromatic heterocycles. The van der Waals surface area contributed by atoms with Crippen molar-refractivity contribution in [1.82, 2.24) is 9.55 Å². The van der Waals surface area contributed by atoms with Crippen molar-refractivity contribution in [2.45, 2.75) is 25.9 Å². The van der Waals surface area contributed by atoms with Crippen molar-refractivity contribution >= 4 is 22.5 Å². The highest BCUT2D eigenvalue weighted by molar-refractivity contribution is 6.31. The maximum atomic E-state index is 6.20. The smallest absolute Gasteiger partial charge is 0.0639 e. The van der Waals surface area contributed by atoms with E-state index in [2.05, 4.69) is 40.0 Å². The van der Waals surface area contributed by atoms with Crippen LogP contribution >= 0.6 is 11.6 Å². The summed E-state index contributed by atoms with van der Waals surface area (Å²) in [5.74, 6) is 0. The van der Waals surface area contributed by atoms with Crippen LogP contribution in [0.3, 0.4) is 0 Å². The summed E-state index contributed by atoms with van der Waals surface area (Å²) in [6.07, 6.45) is 6.45. The number of hydrogen-bond acceptors (Lipinski definition) is 2. The molecule has 3 nitrogen and oxygen atoms in total. The maximum Gasteiger partial charge on any atom is 0.0639 e. The third kappa shape index (κ3) is 2.94. The van der Waals surface area contributed by atoms with E-state index in [9.17, 15) is 0 Å². The highest BCUT2D eigenvalue weighted by Crippen LogP contribution is 2.23. The van der Waals surface area contributed by atoms with Crippen molar-refractivity contribution in [2.24, 2.45) is 5.73 Å². The van der Waals surface area contributed by atoms with Crippen LogP contribution in [0, 0.1) is 0 Å². The lowest BCUT2D eigenvalue weighted by Gasteiger charge is -2.10. The lowest BCUT2D eigenvalue weighted by atomic mass is 10.0. The van der Waals surface area contributed by atoms with E-state index in [1.807, 2.05) is 13.0 Å². The summed E-state index contributed by atoms with van der Waals surface area (Å²) in [6.45, 7) is 2.78. The zero-order chi connectivity index (χ0) is 14.8. The Kier molecular flexibility index (Phi) is 3.95. The molecule has 2 heterocycles. The van der Waals surface area contributed by atoms with Gasteiger partial charge in [-0.2, -0.15) is 0 Å². The topological polar surface area (TPSA) is 43.8 Å². The molecule has 0 saturated heterocycles. The molecule has 108 valence electrons. The summed E-state index contributed by atoms with van der Waals surface area (Å²) in [5, 5.41) is 1.96. The van der Waals surface area contributed by atoms with E-state index in [-0.39, 0.29) is 6.04 Å². The number of halogens is 1. The first-order chi connectivity index (χ1) is 10.1. The molecule has 1 aromatic carbocycles. The van der Waals surface area contributed by atoms with Crippen molar-refractivity contribution in [3.05, 3.63) is 65.1 Å². The Morgan fingerprint density at radius 3 is 2.86 bits per heavy atom. The van der Waals surface area contributed by atoms with Gasteiger partial charge in [-0.15, -0.1) is 0 Å². The van der Waals surface area contributed by atoms with Crippen LogP contribution in [0.5, 0.6) is 0 Å². The fourth-order valence-electron chi connectivity index (χ4n) is 2.67. The minimum Gasteiger partial charge on any atom is -0.343 e. The van der Waals surface area contributed by atoms with E-state index < -0.39 is 0 Å². The Morgan fingerprint density at radius 1 is 1.24 bits per heavy atom. The Labute approximate surface area is 129 Å². The summed E-state index contributed by atoms with van der Waals surface area (Å²) < 4.78 is 2.21. The lowest BCUT2D eigenvalue weighted by molar-refractivity contribution is 0.741. The molecular formula is C17H18ClN3. The molecule has 3 aromatic rings. The molecule has 21 heavy (non-hydrogen) atoms. The van der Waals surface area contributed by atoms with Crippen LogP contribution in [-0.2, 0) is 13.0 Å².